The summed E-state index contributed by atoms with van der Waals surface area (Å²) in [5.41, 5.74) is 6.61. The molecule has 1 aromatic rings. The second kappa shape index (κ2) is 6.98. The lowest BCUT2D eigenvalue weighted by atomic mass is 10.1. The van der Waals surface area contributed by atoms with Crippen LogP contribution in [0.15, 0.2) is 30.3 Å². The van der Waals surface area contributed by atoms with Crippen LogP contribution in [0.4, 0.5) is 0 Å². The zero-order valence-corrected chi connectivity index (χ0v) is 9.23. The van der Waals surface area contributed by atoms with E-state index in [1.807, 2.05) is 18.2 Å². The summed E-state index contributed by atoms with van der Waals surface area (Å²) in [5.74, 6) is -0.928. The molecule has 0 aliphatic carbocycles. The first-order chi connectivity index (χ1) is 7.70. The van der Waals surface area contributed by atoms with Crippen LogP contribution in [0.2, 0.25) is 0 Å². The van der Waals surface area contributed by atoms with E-state index in [1.165, 1.54) is 5.56 Å². The fourth-order valence-corrected chi connectivity index (χ4v) is 1.40. The average molecular weight is 222 g/mol. The van der Waals surface area contributed by atoms with Gasteiger partial charge >= 0.3 is 5.97 Å². The fourth-order valence-electron chi connectivity index (χ4n) is 1.40. The van der Waals surface area contributed by atoms with Crippen LogP contribution in [0.25, 0.3) is 0 Å². The minimum atomic E-state index is -0.928. The number of hydrogen-bond donors (Lipinski definition) is 3. The van der Waals surface area contributed by atoms with E-state index in [1.54, 1.807) is 0 Å². The predicted octanol–water partition coefficient (Wildman–Crippen LogP) is 0.968. The van der Waals surface area contributed by atoms with Gasteiger partial charge in [0.2, 0.25) is 0 Å². The van der Waals surface area contributed by atoms with Gasteiger partial charge in [-0.25, -0.2) is 0 Å². The largest absolute Gasteiger partial charge is 0.480 e. The Morgan fingerprint density at radius 3 is 2.69 bits per heavy atom. The number of nitrogens with one attached hydrogen (secondary N) is 1. The number of nitrogens with two attached hydrogens (primary N) is 1. The molecule has 1 atom stereocenters. The van der Waals surface area contributed by atoms with Crippen molar-refractivity contribution in [1.82, 2.24) is 5.32 Å². The highest BCUT2D eigenvalue weighted by Gasteiger charge is 2.09. The Bertz CT molecular complexity index is 314. The minimum absolute atomic E-state index is 0.511. The van der Waals surface area contributed by atoms with Gasteiger partial charge in [-0.3, -0.25) is 4.79 Å². The van der Waals surface area contributed by atoms with Gasteiger partial charge in [-0.1, -0.05) is 30.3 Å². The second-order valence-electron chi connectivity index (χ2n) is 3.75. The standard InChI is InChI=1S/C12H18N2O2/c13-11(12(15)16)7-4-8-14-9-10-5-2-1-3-6-10/h1-3,5-6,11,14H,4,7-9,13H2,(H,15,16). The molecule has 0 heterocycles. The van der Waals surface area contributed by atoms with Crippen molar-refractivity contribution in [2.75, 3.05) is 6.54 Å². The minimum Gasteiger partial charge on any atom is -0.480 e. The molecule has 1 unspecified atom stereocenters. The van der Waals surface area contributed by atoms with E-state index in [4.69, 9.17) is 10.8 Å². The molecule has 0 fully saturated rings. The van der Waals surface area contributed by atoms with Crippen LogP contribution in [0.3, 0.4) is 0 Å². The summed E-state index contributed by atoms with van der Waals surface area (Å²) in [5, 5.41) is 11.8. The summed E-state index contributed by atoms with van der Waals surface area (Å²) in [7, 11) is 0. The van der Waals surface area contributed by atoms with Crippen LogP contribution in [0, 0.1) is 0 Å². The molecule has 0 aromatic heterocycles. The van der Waals surface area contributed by atoms with Crippen molar-refractivity contribution in [3.8, 4) is 0 Å². The van der Waals surface area contributed by atoms with E-state index < -0.39 is 12.0 Å². The smallest absolute Gasteiger partial charge is 0.320 e. The Hall–Kier alpha value is -1.39. The summed E-state index contributed by atoms with van der Waals surface area (Å²) in [4.78, 5) is 10.4. The number of benzene rings is 1. The van der Waals surface area contributed by atoms with Crippen LogP contribution in [-0.2, 0) is 11.3 Å². The van der Waals surface area contributed by atoms with Gasteiger partial charge in [0.1, 0.15) is 6.04 Å². The van der Waals surface area contributed by atoms with Crippen LogP contribution in [0.5, 0.6) is 0 Å². The van der Waals surface area contributed by atoms with Gasteiger partial charge in [0.25, 0.3) is 0 Å². The highest BCUT2D eigenvalue weighted by atomic mass is 16.4. The monoisotopic (exact) mass is 222 g/mol. The Morgan fingerprint density at radius 1 is 1.38 bits per heavy atom. The van der Waals surface area contributed by atoms with E-state index >= 15 is 0 Å². The van der Waals surface area contributed by atoms with Gasteiger partial charge < -0.3 is 16.2 Å². The SMILES string of the molecule is NC(CCCNCc1ccccc1)C(=O)O. The lowest BCUT2D eigenvalue weighted by Crippen LogP contribution is -2.30. The van der Waals surface area contributed by atoms with Crippen molar-refractivity contribution in [2.45, 2.75) is 25.4 Å². The molecule has 0 saturated heterocycles. The first-order valence-electron chi connectivity index (χ1n) is 5.43. The molecule has 4 N–H and O–H groups in total. The van der Waals surface area contributed by atoms with Crippen molar-refractivity contribution >= 4 is 5.97 Å². The number of carboxylic acids is 1. The zero-order valence-electron chi connectivity index (χ0n) is 9.23. The quantitative estimate of drug-likeness (QED) is 0.601. The summed E-state index contributed by atoms with van der Waals surface area (Å²) < 4.78 is 0. The predicted molar refractivity (Wildman–Crippen MR) is 63.0 cm³/mol. The molecule has 0 amide bonds. The molecule has 0 spiro atoms. The molecular weight excluding hydrogens is 204 g/mol. The van der Waals surface area contributed by atoms with Gasteiger partial charge in [0, 0.05) is 6.54 Å². The summed E-state index contributed by atoms with van der Waals surface area (Å²) in [6.07, 6.45) is 1.29. The topological polar surface area (TPSA) is 75.3 Å². The number of carboxylic acid groups (broad SMARTS) is 1. The molecule has 0 radical (unpaired) electrons. The Labute approximate surface area is 95.5 Å². The fraction of sp³-hybridized carbons (Fsp3) is 0.417. The van der Waals surface area contributed by atoms with Crippen molar-refractivity contribution in [3.05, 3.63) is 35.9 Å². The summed E-state index contributed by atoms with van der Waals surface area (Å²) in [6, 6.07) is 9.34. The van der Waals surface area contributed by atoms with Crippen molar-refractivity contribution in [2.24, 2.45) is 5.73 Å². The van der Waals surface area contributed by atoms with Gasteiger partial charge in [-0.2, -0.15) is 0 Å². The molecule has 0 aliphatic rings. The van der Waals surface area contributed by atoms with Gasteiger partial charge in [-0.05, 0) is 24.9 Å². The number of carbonyl (C=O) groups is 1. The molecule has 1 rings (SSSR count). The first-order valence-corrected chi connectivity index (χ1v) is 5.43. The van der Waals surface area contributed by atoms with Gasteiger partial charge in [-0.15, -0.1) is 0 Å². The van der Waals surface area contributed by atoms with E-state index in [9.17, 15) is 4.79 Å². The van der Waals surface area contributed by atoms with Crippen LogP contribution in [-0.4, -0.2) is 23.7 Å². The lowest BCUT2D eigenvalue weighted by molar-refractivity contribution is -0.138. The zero-order chi connectivity index (χ0) is 11.8. The van der Waals surface area contributed by atoms with E-state index in [-0.39, 0.29) is 0 Å². The second-order valence-corrected chi connectivity index (χ2v) is 3.75. The van der Waals surface area contributed by atoms with Crippen LogP contribution < -0.4 is 11.1 Å². The highest BCUT2D eigenvalue weighted by molar-refractivity contribution is 5.72. The van der Waals surface area contributed by atoms with Gasteiger partial charge in [0.05, 0.1) is 0 Å². The Balaban J connectivity index is 2.07. The molecule has 4 nitrogen and oxygen atoms in total. The lowest BCUT2D eigenvalue weighted by Gasteiger charge is -2.07. The maximum atomic E-state index is 10.4. The van der Waals surface area contributed by atoms with Crippen molar-refractivity contribution in [1.29, 1.82) is 0 Å². The molecular formula is C12H18N2O2. The highest BCUT2D eigenvalue weighted by Crippen LogP contribution is 1.98. The molecule has 0 saturated carbocycles. The van der Waals surface area contributed by atoms with E-state index in [2.05, 4.69) is 17.4 Å². The molecule has 4 heteroatoms. The number of rotatable bonds is 7. The van der Waals surface area contributed by atoms with Crippen LogP contribution >= 0.6 is 0 Å². The maximum Gasteiger partial charge on any atom is 0.320 e. The first kappa shape index (κ1) is 12.7. The third-order valence-electron chi connectivity index (χ3n) is 2.36. The Kier molecular flexibility index (Phi) is 5.53. The van der Waals surface area contributed by atoms with E-state index in [0.717, 1.165) is 19.5 Å². The van der Waals surface area contributed by atoms with Gasteiger partial charge in [0.15, 0.2) is 0 Å². The van der Waals surface area contributed by atoms with Crippen molar-refractivity contribution in [3.63, 3.8) is 0 Å². The Morgan fingerprint density at radius 2 is 2.06 bits per heavy atom. The molecule has 1 aromatic carbocycles. The molecule has 0 aliphatic heterocycles. The van der Waals surface area contributed by atoms with Crippen molar-refractivity contribution < 1.29 is 9.90 Å². The maximum absolute atomic E-state index is 10.4. The molecule has 88 valence electrons. The normalized spacial score (nSPS) is 12.3. The third-order valence-corrected chi connectivity index (χ3v) is 2.36. The van der Waals surface area contributed by atoms with Crippen LogP contribution in [0.1, 0.15) is 18.4 Å². The average Bonchev–Trinajstić information content (AvgIpc) is 2.29. The third kappa shape index (κ3) is 4.91. The molecule has 16 heavy (non-hydrogen) atoms. The summed E-state index contributed by atoms with van der Waals surface area (Å²) in [6.45, 7) is 1.60. The number of aliphatic carboxylic acids is 1. The summed E-state index contributed by atoms with van der Waals surface area (Å²) >= 11 is 0. The van der Waals surface area contributed by atoms with E-state index in [0.29, 0.717) is 6.42 Å². The molecule has 0 bridgehead atoms. The number of hydrogen-bond acceptors (Lipinski definition) is 3.